The smallest absolute Gasteiger partial charge is 0.224 e. The van der Waals surface area contributed by atoms with Crippen LogP contribution >= 0.6 is 11.8 Å². The molecule has 2 aromatic rings. The van der Waals surface area contributed by atoms with Gasteiger partial charge in [0.1, 0.15) is 0 Å². The van der Waals surface area contributed by atoms with Crippen LogP contribution in [0.1, 0.15) is 36.6 Å². The Morgan fingerprint density at radius 2 is 1.91 bits per heavy atom. The first kappa shape index (κ1) is 15.2. The number of benzene rings is 2. The van der Waals surface area contributed by atoms with E-state index in [9.17, 15) is 4.79 Å². The molecule has 3 heteroatoms. The summed E-state index contributed by atoms with van der Waals surface area (Å²) in [5, 5.41) is 0.392. The number of carbonyl (C=O) groups excluding carboxylic acids is 1. The fourth-order valence-electron chi connectivity index (χ4n) is 3.19. The molecule has 0 saturated heterocycles. The van der Waals surface area contributed by atoms with Gasteiger partial charge >= 0.3 is 0 Å². The summed E-state index contributed by atoms with van der Waals surface area (Å²) in [6, 6.07) is 17.2. The van der Waals surface area contributed by atoms with E-state index in [0.29, 0.717) is 5.25 Å². The standard InChI is InChI=1S/C19H21NOS/c1-13-9-10-18-17(11-13)19(12-14(2)20(18)15(3)21)22-16-7-5-4-6-8-16/h4-11,14,19H,12H2,1-3H3/t14-,19+/m1/s1. The highest BCUT2D eigenvalue weighted by Gasteiger charge is 2.32. The van der Waals surface area contributed by atoms with Gasteiger partial charge in [-0.05, 0) is 44.0 Å². The molecule has 0 radical (unpaired) electrons. The van der Waals surface area contributed by atoms with E-state index >= 15 is 0 Å². The lowest BCUT2D eigenvalue weighted by molar-refractivity contribution is -0.117. The third kappa shape index (κ3) is 2.91. The average Bonchev–Trinajstić information content (AvgIpc) is 2.48. The molecule has 1 heterocycles. The monoisotopic (exact) mass is 311 g/mol. The molecule has 3 rings (SSSR count). The molecule has 0 bridgehead atoms. The molecule has 0 fully saturated rings. The summed E-state index contributed by atoms with van der Waals surface area (Å²) in [6.07, 6.45) is 0.982. The van der Waals surface area contributed by atoms with Gasteiger partial charge in [0.25, 0.3) is 0 Å². The van der Waals surface area contributed by atoms with E-state index in [1.807, 2.05) is 22.7 Å². The Morgan fingerprint density at radius 1 is 1.18 bits per heavy atom. The Balaban J connectivity index is 2.00. The number of rotatable bonds is 2. The molecule has 1 aliphatic rings. The molecule has 1 amide bonds. The third-order valence-electron chi connectivity index (χ3n) is 4.15. The van der Waals surface area contributed by atoms with Gasteiger partial charge in [0.2, 0.25) is 5.91 Å². The molecule has 0 spiro atoms. The topological polar surface area (TPSA) is 20.3 Å². The van der Waals surface area contributed by atoms with Crippen molar-refractivity contribution >= 4 is 23.4 Å². The van der Waals surface area contributed by atoms with Crippen LogP contribution in [0.3, 0.4) is 0 Å². The van der Waals surface area contributed by atoms with Gasteiger partial charge in [-0.2, -0.15) is 0 Å². The molecular formula is C19H21NOS. The highest BCUT2D eigenvalue weighted by atomic mass is 32.2. The first-order valence-electron chi connectivity index (χ1n) is 7.68. The molecule has 0 unspecified atom stereocenters. The maximum Gasteiger partial charge on any atom is 0.224 e. The van der Waals surface area contributed by atoms with E-state index in [-0.39, 0.29) is 11.9 Å². The van der Waals surface area contributed by atoms with E-state index in [1.165, 1.54) is 16.0 Å². The lowest BCUT2D eigenvalue weighted by atomic mass is 9.94. The zero-order valence-electron chi connectivity index (χ0n) is 13.2. The van der Waals surface area contributed by atoms with Gasteiger partial charge in [0.05, 0.1) is 0 Å². The van der Waals surface area contributed by atoms with Crippen LogP contribution in [-0.2, 0) is 4.79 Å². The Labute approximate surface area is 136 Å². The zero-order valence-corrected chi connectivity index (χ0v) is 14.1. The van der Waals surface area contributed by atoms with E-state index in [2.05, 4.69) is 56.3 Å². The van der Waals surface area contributed by atoms with E-state index in [4.69, 9.17) is 0 Å². The van der Waals surface area contributed by atoms with Crippen molar-refractivity contribution in [2.24, 2.45) is 0 Å². The summed E-state index contributed by atoms with van der Waals surface area (Å²) >= 11 is 1.90. The van der Waals surface area contributed by atoms with E-state index < -0.39 is 0 Å². The molecule has 2 aromatic carbocycles. The fraction of sp³-hybridized carbons (Fsp3) is 0.316. The maximum atomic E-state index is 12.0. The zero-order chi connectivity index (χ0) is 15.7. The minimum atomic E-state index is 0.126. The first-order chi connectivity index (χ1) is 10.6. The second kappa shape index (κ2) is 6.17. The highest BCUT2D eigenvalue weighted by Crippen LogP contribution is 2.47. The van der Waals surface area contributed by atoms with Gasteiger partial charge in [0, 0.05) is 28.8 Å². The molecule has 0 saturated carbocycles. The van der Waals surface area contributed by atoms with E-state index in [1.54, 1.807) is 6.92 Å². The fourth-order valence-corrected chi connectivity index (χ4v) is 4.52. The second-order valence-corrected chi connectivity index (χ2v) is 7.23. The Hall–Kier alpha value is -1.74. The molecule has 114 valence electrons. The van der Waals surface area contributed by atoms with Gasteiger partial charge < -0.3 is 4.90 Å². The van der Waals surface area contributed by atoms with Crippen molar-refractivity contribution in [2.45, 2.75) is 43.4 Å². The number of aryl methyl sites for hydroxylation is 1. The van der Waals surface area contributed by atoms with Gasteiger partial charge in [0.15, 0.2) is 0 Å². The Bertz CT molecular complexity index is 683. The lowest BCUT2D eigenvalue weighted by Crippen LogP contribution is -2.41. The second-order valence-electron chi connectivity index (χ2n) is 5.96. The van der Waals surface area contributed by atoms with Crippen LogP contribution in [0.5, 0.6) is 0 Å². The summed E-state index contributed by atoms with van der Waals surface area (Å²) in [4.78, 5) is 15.3. The lowest BCUT2D eigenvalue weighted by Gasteiger charge is -2.39. The summed E-state index contributed by atoms with van der Waals surface area (Å²) in [6.45, 7) is 5.91. The summed E-state index contributed by atoms with van der Waals surface area (Å²) in [5.74, 6) is 0.126. The predicted octanol–water partition coefficient (Wildman–Crippen LogP) is 4.97. The largest absolute Gasteiger partial charge is 0.310 e. The molecule has 2 nitrogen and oxygen atoms in total. The van der Waals surface area contributed by atoms with Crippen LogP contribution in [0.25, 0.3) is 0 Å². The number of fused-ring (bicyclic) bond motifs is 1. The molecular weight excluding hydrogens is 290 g/mol. The van der Waals surface area contributed by atoms with Gasteiger partial charge in [-0.3, -0.25) is 4.79 Å². The van der Waals surface area contributed by atoms with E-state index in [0.717, 1.165) is 12.1 Å². The SMILES string of the molecule is CC(=O)N1c2ccc(C)cc2[C@@H](Sc2ccccc2)C[C@H]1C. The van der Waals surface area contributed by atoms with Gasteiger partial charge in [-0.1, -0.05) is 35.9 Å². The normalized spacial score (nSPS) is 20.6. The van der Waals surface area contributed by atoms with Crippen LogP contribution in [0, 0.1) is 6.92 Å². The number of anilines is 1. The Kier molecular flexibility index (Phi) is 4.25. The summed E-state index contributed by atoms with van der Waals surface area (Å²) < 4.78 is 0. The predicted molar refractivity (Wildman–Crippen MR) is 93.5 cm³/mol. The van der Waals surface area contributed by atoms with Crippen molar-refractivity contribution in [1.82, 2.24) is 0 Å². The highest BCUT2D eigenvalue weighted by molar-refractivity contribution is 7.99. The molecule has 0 aromatic heterocycles. The van der Waals surface area contributed by atoms with Crippen LogP contribution in [-0.4, -0.2) is 11.9 Å². The van der Waals surface area contributed by atoms with Crippen LogP contribution in [0.2, 0.25) is 0 Å². The third-order valence-corrected chi connectivity index (χ3v) is 5.42. The summed E-state index contributed by atoms with van der Waals surface area (Å²) in [5.41, 5.74) is 3.60. The molecule has 22 heavy (non-hydrogen) atoms. The minimum absolute atomic E-state index is 0.126. The molecule has 1 aliphatic heterocycles. The molecule has 0 N–H and O–H groups in total. The first-order valence-corrected chi connectivity index (χ1v) is 8.56. The molecule has 0 aliphatic carbocycles. The van der Waals surface area contributed by atoms with Crippen molar-refractivity contribution in [3.63, 3.8) is 0 Å². The van der Waals surface area contributed by atoms with Gasteiger partial charge in [-0.25, -0.2) is 0 Å². The van der Waals surface area contributed by atoms with Gasteiger partial charge in [-0.15, -0.1) is 11.8 Å². The maximum absolute atomic E-state index is 12.0. The quantitative estimate of drug-likeness (QED) is 0.780. The van der Waals surface area contributed by atoms with Crippen LogP contribution < -0.4 is 4.90 Å². The average molecular weight is 311 g/mol. The van der Waals surface area contributed by atoms with Crippen molar-refractivity contribution in [3.8, 4) is 0 Å². The van der Waals surface area contributed by atoms with Crippen molar-refractivity contribution in [2.75, 3.05) is 4.90 Å². The minimum Gasteiger partial charge on any atom is -0.310 e. The summed E-state index contributed by atoms with van der Waals surface area (Å²) in [7, 11) is 0. The molecule has 2 atom stereocenters. The number of hydrogen-bond donors (Lipinski definition) is 0. The number of thioether (sulfide) groups is 1. The Morgan fingerprint density at radius 3 is 2.59 bits per heavy atom. The number of amides is 1. The van der Waals surface area contributed by atoms with Crippen molar-refractivity contribution in [1.29, 1.82) is 0 Å². The number of nitrogens with zero attached hydrogens (tertiary/aromatic N) is 1. The number of hydrogen-bond acceptors (Lipinski definition) is 2. The van der Waals surface area contributed by atoms with Crippen LogP contribution in [0.15, 0.2) is 53.4 Å². The number of carbonyl (C=O) groups is 1. The van der Waals surface area contributed by atoms with Crippen molar-refractivity contribution in [3.05, 3.63) is 59.7 Å². The van der Waals surface area contributed by atoms with Crippen molar-refractivity contribution < 1.29 is 4.79 Å². The van der Waals surface area contributed by atoms with Crippen LogP contribution in [0.4, 0.5) is 5.69 Å².